The molecule has 2 aromatic heterocycles. The summed E-state index contributed by atoms with van der Waals surface area (Å²) >= 11 is 1.66. The lowest BCUT2D eigenvalue weighted by atomic mass is 10.1. The smallest absolute Gasteiger partial charge is 0.227 e. The number of hydrogen-bond donors (Lipinski definition) is 0. The molecule has 2 aliphatic heterocycles. The van der Waals surface area contributed by atoms with Gasteiger partial charge >= 0.3 is 0 Å². The zero-order valence-corrected chi connectivity index (χ0v) is 11.8. The maximum absolute atomic E-state index is 11.7. The average Bonchev–Trinajstić information content (AvgIpc) is 3.07. The van der Waals surface area contributed by atoms with E-state index in [1.54, 1.807) is 17.5 Å². The number of carbonyl (C=O) groups is 1. The highest BCUT2D eigenvalue weighted by atomic mass is 32.1. The molecule has 104 valence electrons. The van der Waals surface area contributed by atoms with Crippen molar-refractivity contribution < 1.29 is 4.79 Å². The van der Waals surface area contributed by atoms with Gasteiger partial charge in [-0.05, 0) is 6.42 Å². The molecule has 2 fully saturated rings. The molecule has 0 aliphatic carbocycles. The molecule has 2 aliphatic rings. The molecule has 6 nitrogen and oxygen atoms in total. The highest BCUT2D eigenvalue weighted by molar-refractivity contribution is 7.13. The zero-order chi connectivity index (χ0) is 13.5. The molecule has 0 atom stereocenters. The van der Waals surface area contributed by atoms with Gasteiger partial charge in [0.25, 0.3) is 0 Å². The average molecular weight is 289 g/mol. The Morgan fingerprint density at radius 1 is 1.35 bits per heavy atom. The highest BCUT2D eigenvalue weighted by Gasteiger charge is 2.31. The maximum Gasteiger partial charge on any atom is 0.227 e. The van der Waals surface area contributed by atoms with Crippen molar-refractivity contribution in [2.75, 3.05) is 29.4 Å². The predicted molar refractivity (Wildman–Crippen MR) is 77.2 cm³/mol. The first kappa shape index (κ1) is 11.9. The van der Waals surface area contributed by atoms with Gasteiger partial charge in [0.05, 0.1) is 17.9 Å². The van der Waals surface area contributed by atoms with Crippen LogP contribution in [0.1, 0.15) is 18.9 Å². The third-order valence-corrected chi connectivity index (χ3v) is 4.73. The first-order valence-electron chi connectivity index (χ1n) is 6.80. The Morgan fingerprint density at radius 3 is 2.95 bits per heavy atom. The lowest BCUT2D eigenvalue weighted by molar-refractivity contribution is -0.117. The molecule has 0 N–H and O–H groups in total. The van der Waals surface area contributed by atoms with Crippen LogP contribution in [0.3, 0.4) is 0 Å². The molecule has 7 heteroatoms. The summed E-state index contributed by atoms with van der Waals surface area (Å²) in [6.45, 7) is 2.69. The second-order valence-corrected chi connectivity index (χ2v) is 6.07. The van der Waals surface area contributed by atoms with Crippen molar-refractivity contribution in [3.05, 3.63) is 24.0 Å². The number of aromatic nitrogens is 3. The molecule has 0 radical (unpaired) electrons. The fourth-order valence-corrected chi connectivity index (χ4v) is 3.40. The summed E-state index contributed by atoms with van der Waals surface area (Å²) in [5, 5.41) is 7.48. The van der Waals surface area contributed by atoms with E-state index < -0.39 is 0 Å². The van der Waals surface area contributed by atoms with Crippen LogP contribution >= 0.6 is 11.3 Å². The summed E-state index contributed by atoms with van der Waals surface area (Å²) in [5.41, 5.74) is 0.931. The summed E-state index contributed by atoms with van der Waals surface area (Å²) in [6, 6.07) is 0.380. The molecule has 0 spiro atoms. The van der Waals surface area contributed by atoms with Gasteiger partial charge in [0.15, 0.2) is 5.13 Å². The summed E-state index contributed by atoms with van der Waals surface area (Å²) < 4.78 is 1.98. The number of nitrogens with zero attached hydrogens (tertiary/aromatic N) is 5. The molecule has 0 saturated carbocycles. The van der Waals surface area contributed by atoms with E-state index in [9.17, 15) is 4.79 Å². The van der Waals surface area contributed by atoms with Crippen molar-refractivity contribution in [3.63, 3.8) is 0 Å². The Labute approximate surface area is 120 Å². The molecule has 20 heavy (non-hydrogen) atoms. The van der Waals surface area contributed by atoms with Crippen LogP contribution in [0, 0.1) is 0 Å². The van der Waals surface area contributed by atoms with Crippen molar-refractivity contribution in [1.82, 2.24) is 14.8 Å². The van der Waals surface area contributed by atoms with Crippen molar-refractivity contribution in [2.45, 2.75) is 18.9 Å². The van der Waals surface area contributed by atoms with E-state index in [2.05, 4.69) is 15.0 Å². The summed E-state index contributed by atoms with van der Waals surface area (Å²) in [7, 11) is 0. The standard InChI is InChI=1S/C13H15N5OS/c19-12-2-1-4-17(12)10-6-15-18(9-10)11-7-16(8-11)13-14-3-5-20-13/h3,5-6,9,11H,1-2,4,7-8H2. The molecular weight excluding hydrogens is 274 g/mol. The summed E-state index contributed by atoms with van der Waals surface area (Å²) in [6.07, 6.45) is 7.23. The van der Waals surface area contributed by atoms with Gasteiger partial charge in [-0.25, -0.2) is 4.98 Å². The lowest BCUT2D eigenvalue weighted by Gasteiger charge is -2.38. The van der Waals surface area contributed by atoms with Crippen LogP contribution < -0.4 is 9.80 Å². The zero-order valence-electron chi connectivity index (χ0n) is 11.0. The SMILES string of the molecule is O=C1CCCN1c1cnn(C2CN(c3nccs3)C2)c1. The molecule has 4 heterocycles. The number of thiazole rings is 1. The van der Waals surface area contributed by atoms with Gasteiger partial charge in [-0.15, -0.1) is 11.3 Å². The van der Waals surface area contributed by atoms with E-state index in [1.165, 1.54) is 0 Å². The van der Waals surface area contributed by atoms with Crippen molar-refractivity contribution >= 4 is 28.1 Å². The summed E-state index contributed by atoms with van der Waals surface area (Å²) in [5.74, 6) is 0.211. The molecule has 4 rings (SSSR count). The van der Waals surface area contributed by atoms with Gasteiger partial charge < -0.3 is 9.80 Å². The summed E-state index contributed by atoms with van der Waals surface area (Å²) in [4.78, 5) is 20.1. The predicted octanol–water partition coefficient (Wildman–Crippen LogP) is 1.53. The minimum Gasteiger partial charge on any atom is -0.344 e. The van der Waals surface area contributed by atoms with Crippen molar-refractivity contribution in [3.8, 4) is 0 Å². The van der Waals surface area contributed by atoms with E-state index in [0.717, 1.165) is 36.9 Å². The molecule has 0 unspecified atom stereocenters. The Balaban J connectivity index is 1.44. The molecule has 2 saturated heterocycles. The minimum atomic E-state index is 0.211. The highest BCUT2D eigenvalue weighted by Crippen LogP contribution is 2.30. The second kappa shape index (κ2) is 4.59. The topological polar surface area (TPSA) is 54.3 Å². The van der Waals surface area contributed by atoms with Crippen LogP contribution in [0.15, 0.2) is 24.0 Å². The van der Waals surface area contributed by atoms with Crippen LogP contribution in [0.25, 0.3) is 0 Å². The number of rotatable bonds is 3. The minimum absolute atomic E-state index is 0.211. The van der Waals surface area contributed by atoms with Crippen LogP contribution in [-0.2, 0) is 4.79 Å². The van der Waals surface area contributed by atoms with Crippen LogP contribution in [0.4, 0.5) is 10.8 Å². The van der Waals surface area contributed by atoms with Gasteiger partial charge in [0, 0.05) is 43.8 Å². The Hall–Kier alpha value is -1.89. The number of carbonyl (C=O) groups excluding carboxylic acids is 1. The first-order valence-corrected chi connectivity index (χ1v) is 7.68. The fraction of sp³-hybridized carbons (Fsp3) is 0.462. The van der Waals surface area contributed by atoms with E-state index >= 15 is 0 Å². The molecule has 0 bridgehead atoms. The molecule has 1 amide bonds. The second-order valence-electron chi connectivity index (χ2n) is 5.20. The van der Waals surface area contributed by atoms with E-state index in [-0.39, 0.29) is 5.91 Å². The first-order chi connectivity index (χ1) is 9.81. The van der Waals surface area contributed by atoms with Crippen molar-refractivity contribution in [2.24, 2.45) is 0 Å². The Bertz CT molecular complexity index is 617. The van der Waals surface area contributed by atoms with Crippen LogP contribution in [0.2, 0.25) is 0 Å². The van der Waals surface area contributed by atoms with Crippen molar-refractivity contribution in [1.29, 1.82) is 0 Å². The van der Waals surface area contributed by atoms with E-state index in [1.807, 2.05) is 27.4 Å². The van der Waals surface area contributed by atoms with E-state index in [4.69, 9.17) is 0 Å². The number of hydrogen-bond acceptors (Lipinski definition) is 5. The van der Waals surface area contributed by atoms with E-state index in [0.29, 0.717) is 12.5 Å². The lowest BCUT2D eigenvalue weighted by Crippen LogP contribution is -2.48. The van der Waals surface area contributed by atoms with Crippen LogP contribution in [0.5, 0.6) is 0 Å². The van der Waals surface area contributed by atoms with Gasteiger partial charge in [-0.3, -0.25) is 9.48 Å². The normalized spacial score (nSPS) is 19.7. The molecule has 0 aromatic carbocycles. The largest absolute Gasteiger partial charge is 0.344 e. The number of anilines is 2. The van der Waals surface area contributed by atoms with Gasteiger partial charge in [0.1, 0.15) is 0 Å². The Morgan fingerprint density at radius 2 is 2.25 bits per heavy atom. The molecule has 2 aromatic rings. The van der Waals surface area contributed by atoms with Gasteiger partial charge in [-0.1, -0.05) is 0 Å². The quantitative estimate of drug-likeness (QED) is 0.860. The Kier molecular flexibility index (Phi) is 2.73. The monoisotopic (exact) mass is 289 g/mol. The third-order valence-electron chi connectivity index (χ3n) is 3.90. The van der Waals surface area contributed by atoms with Crippen LogP contribution in [-0.4, -0.2) is 40.3 Å². The number of amides is 1. The molecular formula is C13H15N5OS. The third kappa shape index (κ3) is 1.89. The maximum atomic E-state index is 11.7. The van der Waals surface area contributed by atoms with Gasteiger partial charge in [0.2, 0.25) is 5.91 Å². The van der Waals surface area contributed by atoms with Gasteiger partial charge in [-0.2, -0.15) is 5.10 Å². The fourth-order valence-electron chi connectivity index (χ4n) is 2.74.